The van der Waals surface area contributed by atoms with Gasteiger partial charge in [0.25, 0.3) is 5.91 Å². The van der Waals surface area contributed by atoms with Gasteiger partial charge in [0.2, 0.25) is 0 Å². The number of hydrogen-bond acceptors (Lipinski definition) is 2. The van der Waals surface area contributed by atoms with Gasteiger partial charge in [-0.25, -0.2) is 0 Å². The predicted molar refractivity (Wildman–Crippen MR) is 94.7 cm³/mol. The Kier molecular flexibility index (Phi) is 4.33. The van der Waals surface area contributed by atoms with Crippen LogP contribution in [-0.2, 0) is 6.42 Å². The fourth-order valence-electron chi connectivity index (χ4n) is 4.44. The molecule has 1 amide bonds. The Bertz CT molecular complexity index is 707. The van der Waals surface area contributed by atoms with Crippen LogP contribution in [0, 0.1) is 5.92 Å². The fraction of sp³-hybridized carbons (Fsp3) is 0.429. The van der Waals surface area contributed by atoms with Crippen LogP contribution in [0.25, 0.3) is 0 Å². The first kappa shape index (κ1) is 15.4. The maximum absolute atomic E-state index is 13.2. The van der Waals surface area contributed by atoms with E-state index in [0.29, 0.717) is 5.92 Å². The van der Waals surface area contributed by atoms with E-state index < -0.39 is 0 Å². The summed E-state index contributed by atoms with van der Waals surface area (Å²) in [6.45, 7) is 0.819. The predicted octanol–water partition coefficient (Wildman–Crippen LogP) is 4.40. The third-order valence-corrected chi connectivity index (χ3v) is 5.62. The summed E-state index contributed by atoms with van der Waals surface area (Å²) < 4.78 is 0. The topological polar surface area (TPSA) is 33.2 Å². The number of carbonyl (C=O) groups excluding carboxylic acids is 1. The normalized spacial score (nSPS) is 21.3. The molecule has 0 spiro atoms. The summed E-state index contributed by atoms with van der Waals surface area (Å²) in [4.78, 5) is 19.3. The van der Waals surface area contributed by atoms with E-state index in [9.17, 15) is 4.79 Å². The molecule has 2 aromatic rings. The molecule has 3 heteroatoms. The first-order valence-corrected chi connectivity index (χ1v) is 9.13. The molecule has 1 atom stereocenters. The van der Waals surface area contributed by atoms with Crippen molar-refractivity contribution in [3.05, 3.63) is 65.5 Å². The monoisotopic (exact) mass is 320 g/mol. The number of benzene rings is 1. The molecule has 1 aliphatic carbocycles. The van der Waals surface area contributed by atoms with Crippen molar-refractivity contribution < 1.29 is 4.79 Å². The molecule has 2 heterocycles. The van der Waals surface area contributed by atoms with Crippen molar-refractivity contribution in [2.24, 2.45) is 5.92 Å². The average Bonchev–Trinajstić information content (AvgIpc) is 2.68. The van der Waals surface area contributed by atoms with Crippen LogP contribution in [0.2, 0.25) is 0 Å². The Morgan fingerprint density at radius 2 is 1.75 bits per heavy atom. The quantitative estimate of drug-likeness (QED) is 0.821. The molecule has 0 radical (unpaired) electrons. The van der Waals surface area contributed by atoms with Crippen molar-refractivity contribution in [3.63, 3.8) is 0 Å². The third-order valence-electron chi connectivity index (χ3n) is 5.62. The molecule has 1 aromatic carbocycles. The fourth-order valence-corrected chi connectivity index (χ4v) is 4.44. The van der Waals surface area contributed by atoms with E-state index in [1.54, 1.807) is 12.4 Å². The number of pyridine rings is 1. The summed E-state index contributed by atoms with van der Waals surface area (Å²) in [6, 6.07) is 12.6. The minimum atomic E-state index is 0.155. The van der Waals surface area contributed by atoms with Gasteiger partial charge in [0.1, 0.15) is 0 Å². The van der Waals surface area contributed by atoms with Crippen LogP contribution in [0.15, 0.2) is 48.8 Å². The van der Waals surface area contributed by atoms with E-state index in [1.807, 2.05) is 12.1 Å². The molecule has 2 aliphatic rings. The van der Waals surface area contributed by atoms with Gasteiger partial charge in [0.05, 0.1) is 6.04 Å². The summed E-state index contributed by atoms with van der Waals surface area (Å²) in [5, 5.41) is 0. The zero-order valence-corrected chi connectivity index (χ0v) is 14.0. The maximum Gasteiger partial charge on any atom is 0.254 e. The minimum Gasteiger partial charge on any atom is -0.331 e. The molecule has 1 fully saturated rings. The van der Waals surface area contributed by atoms with Crippen LogP contribution in [0.4, 0.5) is 0 Å². The van der Waals surface area contributed by atoms with Gasteiger partial charge in [-0.05, 0) is 48.4 Å². The van der Waals surface area contributed by atoms with Gasteiger partial charge in [0.15, 0.2) is 0 Å². The van der Waals surface area contributed by atoms with Crippen molar-refractivity contribution >= 4 is 5.91 Å². The summed E-state index contributed by atoms with van der Waals surface area (Å²) in [5.74, 6) is 0.744. The van der Waals surface area contributed by atoms with E-state index in [1.165, 1.54) is 43.2 Å². The lowest BCUT2D eigenvalue weighted by molar-refractivity contribution is 0.0540. The number of aromatic nitrogens is 1. The second-order valence-electron chi connectivity index (χ2n) is 7.03. The second-order valence-corrected chi connectivity index (χ2v) is 7.03. The molecule has 1 aliphatic heterocycles. The number of rotatable bonds is 2. The Hall–Kier alpha value is -2.16. The molecule has 1 saturated carbocycles. The minimum absolute atomic E-state index is 0.155. The molecule has 124 valence electrons. The van der Waals surface area contributed by atoms with E-state index in [2.05, 4.69) is 34.1 Å². The van der Waals surface area contributed by atoms with Crippen molar-refractivity contribution in [1.82, 2.24) is 9.88 Å². The Morgan fingerprint density at radius 1 is 1.00 bits per heavy atom. The molecule has 1 unspecified atom stereocenters. The Balaban J connectivity index is 1.71. The molecule has 0 N–H and O–H groups in total. The number of nitrogens with zero attached hydrogens (tertiary/aromatic N) is 2. The maximum atomic E-state index is 13.2. The van der Waals surface area contributed by atoms with Gasteiger partial charge >= 0.3 is 0 Å². The lowest BCUT2D eigenvalue weighted by atomic mass is 9.77. The van der Waals surface area contributed by atoms with E-state index in [0.717, 1.165) is 18.5 Å². The summed E-state index contributed by atoms with van der Waals surface area (Å²) in [7, 11) is 0. The van der Waals surface area contributed by atoms with Gasteiger partial charge in [0, 0.05) is 24.5 Å². The number of carbonyl (C=O) groups is 1. The molecular weight excluding hydrogens is 296 g/mol. The smallest absolute Gasteiger partial charge is 0.254 e. The lowest BCUT2D eigenvalue weighted by Crippen LogP contribution is -2.43. The summed E-state index contributed by atoms with van der Waals surface area (Å²) in [6.07, 6.45) is 10.8. The van der Waals surface area contributed by atoms with Gasteiger partial charge in [-0.1, -0.05) is 43.5 Å². The first-order valence-electron chi connectivity index (χ1n) is 9.13. The van der Waals surface area contributed by atoms with E-state index in [-0.39, 0.29) is 11.9 Å². The largest absolute Gasteiger partial charge is 0.331 e. The zero-order chi connectivity index (χ0) is 16.4. The van der Waals surface area contributed by atoms with E-state index >= 15 is 0 Å². The molecule has 1 aromatic heterocycles. The molecular formula is C21H24N2O. The lowest BCUT2D eigenvalue weighted by Gasteiger charge is -2.43. The third kappa shape index (κ3) is 2.83. The SMILES string of the molecule is O=C(c1ccncc1)N1CCc2ccccc2C1C1CCCCC1. The van der Waals surface area contributed by atoms with Crippen molar-refractivity contribution in [3.8, 4) is 0 Å². The van der Waals surface area contributed by atoms with Gasteiger partial charge in [-0.2, -0.15) is 0 Å². The number of fused-ring (bicyclic) bond motifs is 1. The van der Waals surface area contributed by atoms with Crippen molar-refractivity contribution in [1.29, 1.82) is 0 Å². The number of hydrogen-bond donors (Lipinski definition) is 0. The summed E-state index contributed by atoms with van der Waals surface area (Å²) >= 11 is 0. The van der Waals surface area contributed by atoms with Crippen LogP contribution in [0.1, 0.15) is 59.6 Å². The Morgan fingerprint density at radius 3 is 2.54 bits per heavy atom. The standard InChI is InChI=1S/C21H24N2O/c24-21(18-10-13-22-14-11-18)23-15-12-16-6-4-5-9-19(16)20(23)17-7-2-1-3-8-17/h4-6,9-11,13-14,17,20H,1-3,7-8,12,15H2. The highest BCUT2D eigenvalue weighted by molar-refractivity contribution is 5.94. The van der Waals surface area contributed by atoms with E-state index in [4.69, 9.17) is 0 Å². The van der Waals surface area contributed by atoms with Gasteiger partial charge in [-0.15, -0.1) is 0 Å². The van der Waals surface area contributed by atoms with Crippen molar-refractivity contribution in [2.45, 2.75) is 44.6 Å². The van der Waals surface area contributed by atoms with Crippen LogP contribution in [0.3, 0.4) is 0 Å². The highest BCUT2D eigenvalue weighted by Gasteiger charge is 2.36. The highest BCUT2D eigenvalue weighted by atomic mass is 16.2. The molecule has 24 heavy (non-hydrogen) atoms. The first-order chi connectivity index (χ1) is 11.8. The van der Waals surface area contributed by atoms with Crippen LogP contribution in [0.5, 0.6) is 0 Å². The molecule has 0 saturated heterocycles. The van der Waals surface area contributed by atoms with Gasteiger partial charge in [-0.3, -0.25) is 9.78 Å². The molecule has 3 nitrogen and oxygen atoms in total. The van der Waals surface area contributed by atoms with Crippen molar-refractivity contribution in [2.75, 3.05) is 6.54 Å². The van der Waals surface area contributed by atoms with Crippen LogP contribution < -0.4 is 0 Å². The molecule has 0 bridgehead atoms. The zero-order valence-electron chi connectivity index (χ0n) is 14.0. The van der Waals surface area contributed by atoms with Gasteiger partial charge < -0.3 is 4.90 Å². The van der Waals surface area contributed by atoms with Crippen LogP contribution in [-0.4, -0.2) is 22.3 Å². The Labute approximate surface area is 143 Å². The second kappa shape index (κ2) is 6.76. The number of amides is 1. The average molecular weight is 320 g/mol. The highest BCUT2D eigenvalue weighted by Crippen LogP contribution is 2.42. The summed E-state index contributed by atoms with van der Waals surface area (Å²) in [5.41, 5.74) is 3.55. The van der Waals surface area contributed by atoms with Crippen LogP contribution >= 0.6 is 0 Å². The molecule has 4 rings (SSSR count).